The Labute approximate surface area is 194 Å². The number of hydrogen-bond donors (Lipinski definition) is 0. The Bertz CT molecular complexity index is 1040. The fraction of sp³-hybridized carbons (Fsp3) is 0.261. The highest BCUT2D eigenvalue weighted by atomic mass is 35.5. The number of nitrogens with zero attached hydrogens (tertiary/aromatic N) is 1. The molecule has 1 heterocycles. The van der Waals surface area contributed by atoms with E-state index in [0.29, 0.717) is 17.7 Å². The molecular weight excluding hydrogens is 457 g/mol. The molecule has 0 spiro atoms. The molecule has 0 N–H and O–H groups in total. The van der Waals surface area contributed by atoms with Gasteiger partial charge in [-0.05, 0) is 61.0 Å². The summed E-state index contributed by atoms with van der Waals surface area (Å²) in [5, 5.41) is -0.241. The summed E-state index contributed by atoms with van der Waals surface area (Å²) < 4.78 is 24.6. The van der Waals surface area contributed by atoms with Crippen LogP contribution in [0.2, 0.25) is 5.02 Å². The third-order valence-corrected chi connectivity index (χ3v) is 5.95. The topological polar surface area (TPSA) is 72.9 Å². The van der Waals surface area contributed by atoms with E-state index in [1.807, 2.05) is 6.92 Å². The fourth-order valence-corrected chi connectivity index (χ4v) is 3.80. The van der Waals surface area contributed by atoms with E-state index in [1.54, 1.807) is 43.3 Å². The smallest absolute Gasteiger partial charge is 0.326 e. The minimum Gasteiger partial charge on any atom is -0.489 e. The van der Waals surface area contributed by atoms with Gasteiger partial charge >= 0.3 is 5.97 Å². The van der Waals surface area contributed by atoms with Crippen molar-refractivity contribution in [1.82, 2.24) is 4.90 Å². The zero-order chi connectivity index (χ0) is 23.3. The van der Waals surface area contributed by atoms with Crippen LogP contribution in [-0.2, 0) is 20.9 Å². The number of carbonyl (C=O) groups excluding carboxylic acids is 3. The Kier molecular flexibility index (Phi) is 7.93. The maximum atomic E-state index is 13.8. The first-order valence-electron chi connectivity index (χ1n) is 9.89. The molecule has 9 heteroatoms. The van der Waals surface area contributed by atoms with Crippen LogP contribution in [0, 0.1) is 5.82 Å². The lowest BCUT2D eigenvalue weighted by molar-refractivity contribution is -0.150. The first-order valence-corrected chi connectivity index (χ1v) is 11.1. The summed E-state index contributed by atoms with van der Waals surface area (Å²) in [6.45, 7) is 3.16. The van der Waals surface area contributed by atoms with E-state index < -0.39 is 29.5 Å². The molecule has 0 radical (unpaired) electrons. The average molecular weight is 478 g/mol. The summed E-state index contributed by atoms with van der Waals surface area (Å²) in [7, 11) is 0. The number of amides is 2. The number of benzene rings is 2. The van der Waals surface area contributed by atoms with Crippen molar-refractivity contribution in [3.05, 3.63) is 69.3 Å². The summed E-state index contributed by atoms with van der Waals surface area (Å²) in [5.74, 6) is -1.13. The SMILES string of the molecule is CC[C@@H](C)OC(=O)CN1C(=O)S/C(=C\c2ccc(OCc3c(F)cccc3Cl)cc2)C1=O. The van der Waals surface area contributed by atoms with Gasteiger partial charge in [0.25, 0.3) is 11.1 Å². The van der Waals surface area contributed by atoms with Gasteiger partial charge in [0.15, 0.2) is 0 Å². The molecule has 0 aromatic heterocycles. The quantitative estimate of drug-likeness (QED) is 0.372. The second-order valence-corrected chi connectivity index (χ2v) is 8.43. The molecule has 32 heavy (non-hydrogen) atoms. The number of carbonyl (C=O) groups is 3. The minimum atomic E-state index is -0.626. The van der Waals surface area contributed by atoms with Crippen LogP contribution in [0.15, 0.2) is 47.4 Å². The highest BCUT2D eigenvalue weighted by molar-refractivity contribution is 8.18. The van der Waals surface area contributed by atoms with E-state index in [-0.39, 0.29) is 28.2 Å². The predicted octanol–water partition coefficient (Wildman–Crippen LogP) is 5.44. The van der Waals surface area contributed by atoms with Crippen molar-refractivity contribution in [3.63, 3.8) is 0 Å². The molecule has 2 aromatic rings. The lowest BCUT2D eigenvalue weighted by Crippen LogP contribution is -2.35. The number of esters is 1. The fourth-order valence-electron chi connectivity index (χ4n) is 2.75. The number of thioether (sulfide) groups is 1. The van der Waals surface area contributed by atoms with Gasteiger partial charge in [0.1, 0.15) is 24.7 Å². The molecule has 0 saturated carbocycles. The zero-order valence-electron chi connectivity index (χ0n) is 17.5. The Hall–Kier alpha value is -2.84. The maximum absolute atomic E-state index is 13.8. The highest BCUT2D eigenvalue weighted by Gasteiger charge is 2.36. The minimum absolute atomic E-state index is 0.0313. The summed E-state index contributed by atoms with van der Waals surface area (Å²) in [5.41, 5.74) is 0.924. The average Bonchev–Trinajstić information content (AvgIpc) is 3.01. The molecular formula is C23H21ClFNO5S. The second kappa shape index (κ2) is 10.7. The maximum Gasteiger partial charge on any atom is 0.326 e. The lowest BCUT2D eigenvalue weighted by atomic mass is 10.2. The standard InChI is InChI=1S/C23H21ClFNO5S/c1-3-14(2)31-21(27)12-26-22(28)20(32-23(26)29)11-15-7-9-16(10-8-15)30-13-17-18(24)5-4-6-19(17)25/h4-11,14H,3,12-13H2,1-2H3/b20-11-/t14-/m1/s1. The van der Waals surface area contributed by atoms with Gasteiger partial charge in [-0.25, -0.2) is 4.39 Å². The molecule has 6 nitrogen and oxygen atoms in total. The predicted molar refractivity (Wildman–Crippen MR) is 121 cm³/mol. The molecule has 0 unspecified atom stereocenters. The van der Waals surface area contributed by atoms with E-state index in [4.69, 9.17) is 21.1 Å². The number of imide groups is 1. The van der Waals surface area contributed by atoms with Crippen LogP contribution in [0.5, 0.6) is 5.75 Å². The third kappa shape index (κ3) is 5.89. The van der Waals surface area contributed by atoms with Gasteiger partial charge in [-0.3, -0.25) is 19.3 Å². The molecule has 3 rings (SSSR count). The third-order valence-electron chi connectivity index (χ3n) is 4.69. The van der Waals surface area contributed by atoms with Crippen molar-refractivity contribution in [2.75, 3.05) is 6.54 Å². The summed E-state index contributed by atoms with van der Waals surface area (Å²) in [4.78, 5) is 37.7. The molecule has 1 atom stereocenters. The summed E-state index contributed by atoms with van der Waals surface area (Å²) in [6, 6.07) is 11.1. The Morgan fingerprint density at radius 2 is 1.94 bits per heavy atom. The Morgan fingerprint density at radius 3 is 2.59 bits per heavy atom. The first-order chi connectivity index (χ1) is 15.3. The van der Waals surface area contributed by atoms with Gasteiger partial charge in [-0.15, -0.1) is 0 Å². The van der Waals surface area contributed by atoms with Crippen molar-refractivity contribution >= 4 is 46.6 Å². The molecule has 0 aliphatic carbocycles. The van der Waals surface area contributed by atoms with E-state index in [0.717, 1.165) is 16.7 Å². The van der Waals surface area contributed by atoms with Gasteiger partial charge < -0.3 is 9.47 Å². The van der Waals surface area contributed by atoms with Crippen LogP contribution in [0.3, 0.4) is 0 Å². The van der Waals surface area contributed by atoms with Crippen LogP contribution in [-0.4, -0.2) is 34.7 Å². The first kappa shape index (κ1) is 23.8. The Balaban J connectivity index is 1.62. The number of hydrogen-bond acceptors (Lipinski definition) is 6. The van der Waals surface area contributed by atoms with Gasteiger partial charge in [-0.1, -0.05) is 36.7 Å². The molecule has 2 aromatic carbocycles. The molecule has 168 valence electrons. The largest absolute Gasteiger partial charge is 0.489 e. The highest BCUT2D eigenvalue weighted by Crippen LogP contribution is 2.32. The second-order valence-electron chi connectivity index (χ2n) is 7.03. The van der Waals surface area contributed by atoms with Crippen molar-refractivity contribution < 1.29 is 28.2 Å². The van der Waals surface area contributed by atoms with Crippen LogP contribution in [0.25, 0.3) is 6.08 Å². The van der Waals surface area contributed by atoms with Crippen LogP contribution in [0.4, 0.5) is 9.18 Å². The van der Waals surface area contributed by atoms with Crippen molar-refractivity contribution in [3.8, 4) is 5.75 Å². The van der Waals surface area contributed by atoms with Crippen molar-refractivity contribution in [2.24, 2.45) is 0 Å². The molecule has 1 aliphatic heterocycles. The molecule has 1 saturated heterocycles. The number of halogens is 2. The van der Waals surface area contributed by atoms with Gasteiger partial charge in [0.2, 0.25) is 0 Å². The van der Waals surface area contributed by atoms with E-state index in [9.17, 15) is 18.8 Å². The molecule has 1 fully saturated rings. The van der Waals surface area contributed by atoms with E-state index in [2.05, 4.69) is 0 Å². The van der Waals surface area contributed by atoms with Crippen molar-refractivity contribution in [2.45, 2.75) is 33.0 Å². The zero-order valence-corrected chi connectivity index (χ0v) is 19.0. The molecule has 1 aliphatic rings. The number of ether oxygens (including phenoxy) is 2. The van der Waals surface area contributed by atoms with Gasteiger partial charge in [-0.2, -0.15) is 0 Å². The monoisotopic (exact) mass is 477 g/mol. The van der Waals surface area contributed by atoms with Gasteiger partial charge in [0.05, 0.1) is 16.0 Å². The van der Waals surface area contributed by atoms with Crippen LogP contribution < -0.4 is 4.74 Å². The molecule has 0 bridgehead atoms. The van der Waals surface area contributed by atoms with Crippen LogP contribution >= 0.6 is 23.4 Å². The number of rotatable bonds is 8. The summed E-state index contributed by atoms with van der Waals surface area (Å²) >= 11 is 6.76. The molecule has 2 amide bonds. The lowest BCUT2D eigenvalue weighted by Gasteiger charge is -2.14. The van der Waals surface area contributed by atoms with E-state index in [1.165, 1.54) is 12.1 Å². The Morgan fingerprint density at radius 1 is 1.22 bits per heavy atom. The van der Waals surface area contributed by atoms with Crippen molar-refractivity contribution in [1.29, 1.82) is 0 Å². The normalized spacial score (nSPS) is 15.9. The van der Waals surface area contributed by atoms with E-state index >= 15 is 0 Å². The van der Waals surface area contributed by atoms with Crippen LogP contribution in [0.1, 0.15) is 31.4 Å². The van der Waals surface area contributed by atoms with Gasteiger partial charge in [0, 0.05) is 5.56 Å². The summed E-state index contributed by atoms with van der Waals surface area (Å²) in [6.07, 6.45) is 1.91.